The molecule has 0 aliphatic carbocycles. The van der Waals surface area contributed by atoms with Gasteiger partial charge in [-0.25, -0.2) is 4.39 Å². The zero-order chi connectivity index (χ0) is 13.6. The van der Waals surface area contributed by atoms with Crippen LogP contribution in [0.25, 0.3) is 21.7 Å². The minimum Gasteiger partial charge on any atom is -0.413 e. The normalized spacial score (nSPS) is 11.1. The highest BCUT2D eigenvalue weighted by molar-refractivity contribution is 6.05. The van der Waals surface area contributed by atoms with Gasteiger partial charge in [0.15, 0.2) is 0 Å². The predicted octanol–water partition coefficient (Wildman–Crippen LogP) is 2.66. The van der Waals surface area contributed by atoms with E-state index in [0.29, 0.717) is 16.3 Å². The van der Waals surface area contributed by atoms with Gasteiger partial charge in [-0.15, -0.1) is 4.73 Å². The van der Waals surface area contributed by atoms with Crippen LogP contribution in [0.1, 0.15) is 5.56 Å². The third-order valence-corrected chi connectivity index (χ3v) is 3.24. The first kappa shape index (κ1) is 11.7. The van der Waals surface area contributed by atoms with Crippen molar-refractivity contribution in [3.05, 3.63) is 58.1 Å². The lowest BCUT2D eigenvalue weighted by molar-refractivity contribution is 0.170. The molecule has 0 N–H and O–H groups in total. The van der Waals surface area contributed by atoms with E-state index in [1.54, 1.807) is 0 Å². The molecule has 19 heavy (non-hydrogen) atoms. The molecule has 0 atom stereocenters. The molecule has 0 radical (unpaired) electrons. The monoisotopic (exact) mass is 257 g/mol. The number of rotatable bonds is 1. The van der Waals surface area contributed by atoms with Gasteiger partial charge in [-0.05, 0) is 42.1 Å². The van der Waals surface area contributed by atoms with Gasteiger partial charge in [0.1, 0.15) is 12.9 Å². The highest BCUT2D eigenvalue weighted by Crippen LogP contribution is 2.24. The molecule has 3 nitrogen and oxygen atoms in total. The number of benzene rings is 2. The smallest absolute Gasteiger partial charge is 0.291 e. The highest BCUT2D eigenvalue weighted by atomic mass is 19.1. The Morgan fingerprint density at radius 2 is 1.79 bits per heavy atom. The van der Waals surface area contributed by atoms with Gasteiger partial charge in [0.25, 0.3) is 5.56 Å². The standard InChI is InChI=1S/C15H12FNO2/c1-9-3-5-11-13-8-10(16)4-6-12(13)15(18)17(19-2)14(11)7-9/h3-8H,1-2H3. The van der Waals surface area contributed by atoms with Gasteiger partial charge in [0.2, 0.25) is 0 Å². The fourth-order valence-electron chi connectivity index (χ4n) is 2.36. The minimum absolute atomic E-state index is 0.282. The van der Waals surface area contributed by atoms with E-state index in [2.05, 4.69) is 0 Å². The fraction of sp³-hybridized carbons (Fsp3) is 0.133. The van der Waals surface area contributed by atoms with Crippen LogP contribution >= 0.6 is 0 Å². The zero-order valence-electron chi connectivity index (χ0n) is 10.6. The van der Waals surface area contributed by atoms with Crippen LogP contribution in [0.3, 0.4) is 0 Å². The number of hydrogen-bond donors (Lipinski definition) is 0. The lowest BCUT2D eigenvalue weighted by Crippen LogP contribution is -2.25. The molecule has 0 spiro atoms. The number of aromatic nitrogens is 1. The Kier molecular flexibility index (Phi) is 2.52. The summed E-state index contributed by atoms with van der Waals surface area (Å²) >= 11 is 0. The van der Waals surface area contributed by atoms with E-state index in [9.17, 15) is 9.18 Å². The summed E-state index contributed by atoms with van der Waals surface area (Å²) in [5.41, 5.74) is 1.37. The van der Waals surface area contributed by atoms with Crippen molar-refractivity contribution in [3.8, 4) is 0 Å². The Morgan fingerprint density at radius 1 is 1.05 bits per heavy atom. The van der Waals surface area contributed by atoms with Crippen LogP contribution in [0.15, 0.2) is 41.2 Å². The minimum atomic E-state index is -0.357. The average Bonchev–Trinajstić information content (AvgIpc) is 2.39. The summed E-state index contributed by atoms with van der Waals surface area (Å²) in [5, 5.41) is 1.84. The van der Waals surface area contributed by atoms with Gasteiger partial charge in [-0.1, -0.05) is 12.1 Å². The molecule has 96 valence electrons. The van der Waals surface area contributed by atoms with E-state index in [1.807, 2.05) is 25.1 Å². The summed E-state index contributed by atoms with van der Waals surface area (Å²) in [7, 11) is 1.44. The number of aryl methyl sites for hydroxylation is 1. The molecule has 0 amide bonds. The van der Waals surface area contributed by atoms with Gasteiger partial charge in [0.05, 0.1) is 10.9 Å². The summed E-state index contributed by atoms with van der Waals surface area (Å²) in [6, 6.07) is 9.81. The molecule has 0 aliphatic rings. The molecule has 0 saturated heterocycles. The summed E-state index contributed by atoms with van der Waals surface area (Å²) < 4.78 is 14.7. The van der Waals surface area contributed by atoms with Gasteiger partial charge in [-0.2, -0.15) is 0 Å². The van der Waals surface area contributed by atoms with E-state index in [0.717, 1.165) is 10.9 Å². The fourth-order valence-corrected chi connectivity index (χ4v) is 2.36. The van der Waals surface area contributed by atoms with Crippen LogP contribution in [-0.4, -0.2) is 11.8 Å². The molecule has 0 bridgehead atoms. The van der Waals surface area contributed by atoms with Crippen LogP contribution in [0.2, 0.25) is 0 Å². The van der Waals surface area contributed by atoms with E-state index >= 15 is 0 Å². The summed E-state index contributed by atoms with van der Waals surface area (Å²) in [5.74, 6) is -0.357. The quantitative estimate of drug-likeness (QED) is 0.627. The second-order valence-corrected chi connectivity index (χ2v) is 4.49. The topological polar surface area (TPSA) is 31.2 Å². The molecule has 0 saturated carbocycles. The first-order valence-electron chi connectivity index (χ1n) is 5.91. The largest absolute Gasteiger partial charge is 0.413 e. The molecule has 0 fully saturated rings. The Hall–Kier alpha value is -2.36. The lowest BCUT2D eigenvalue weighted by atomic mass is 10.0. The Bertz CT molecular complexity index is 852. The molecule has 0 unspecified atom stereocenters. The molecule has 3 rings (SSSR count). The van der Waals surface area contributed by atoms with Crippen molar-refractivity contribution in [1.29, 1.82) is 0 Å². The third-order valence-electron chi connectivity index (χ3n) is 3.24. The summed E-state index contributed by atoms with van der Waals surface area (Å²) in [6.07, 6.45) is 0. The Morgan fingerprint density at radius 3 is 2.53 bits per heavy atom. The molecule has 4 heteroatoms. The maximum absolute atomic E-state index is 13.4. The maximum Gasteiger partial charge on any atom is 0.291 e. The number of fused-ring (bicyclic) bond motifs is 3. The molecule has 2 aromatic carbocycles. The highest BCUT2D eigenvalue weighted by Gasteiger charge is 2.11. The van der Waals surface area contributed by atoms with Crippen molar-refractivity contribution < 1.29 is 9.23 Å². The number of halogens is 1. The average molecular weight is 257 g/mol. The van der Waals surface area contributed by atoms with E-state index < -0.39 is 0 Å². The van der Waals surface area contributed by atoms with E-state index in [1.165, 1.54) is 30.0 Å². The van der Waals surface area contributed by atoms with Gasteiger partial charge >= 0.3 is 0 Å². The summed E-state index contributed by atoms with van der Waals surface area (Å²) in [4.78, 5) is 17.5. The zero-order valence-corrected chi connectivity index (χ0v) is 10.6. The molecular formula is C15H12FNO2. The van der Waals surface area contributed by atoms with Crippen LogP contribution in [0.5, 0.6) is 0 Å². The van der Waals surface area contributed by atoms with Gasteiger partial charge in [-0.3, -0.25) is 4.79 Å². The van der Waals surface area contributed by atoms with Crippen molar-refractivity contribution >= 4 is 21.7 Å². The summed E-state index contributed by atoms with van der Waals surface area (Å²) in [6.45, 7) is 1.93. The van der Waals surface area contributed by atoms with Crippen molar-refractivity contribution in [1.82, 2.24) is 4.73 Å². The SMILES string of the molecule is COn1c(=O)c2ccc(F)cc2c2ccc(C)cc21. The second kappa shape index (κ2) is 4.09. The number of nitrogens with zero attached hydrogens (tertiary/aromatic N) is 1. The predicted molar refractivity (Wildman–Crippen MR) is 72.9 cm³/mol. The third kappa shape index (κ3) is 1.68. The Balaban J connectivity index is 2.65. The molecular weight excluding hydrogens is 245 g/mol. The Labute approximate surface area is 108 Å². The van der Waals surface area contributed by atoms with Crippen LogP contribution in [0, 0.1) is 12.7 Å². The van der Waals surface area contributed by atoms with Crippen LogP contribution in [-0.2, 0) is 0 Å². The second-order valence-electron chi connectivity index (χ2n) is 4.49. The van der Waals surface area contributed by atoms with Crippen molar-refractivity contribution in [2.24, 2.45) is 0 Å². The first-order valence-corrected chi connectivity index (χ1v) is 5.91. The molecule has 1 heterocycles. The molecule has 0 aliphatic heterocycles. The van der Waals surface area contributed by atoms with E-state index in [4.69, 9.17) is 4.84 Å². The van der Waals surface area contributed by atoms with Gasteiger partial charge < -0.3 is 4.84 Å². The van der Waals surface area contributed by atoms with Crippen molar-refractivity contribution in [2.45, 2.75) is 6.92 Å². The van der Waals surface area contributed by atoms with E-state index in [-0.39, 0.29) is 11.4 Å². The van der Waals surface area contributed by atoms with Crippen LogP contribution < -0.4 is 10.4 Å². The van der Waals surface area contributed by atoms with Gasteiger partial charge in [0, 0.05) is 5.39 Å². The lowest BCUT2D eigenvalue weighted by Gasteiger charge is -2.11. The first-order chi connectivity index (χ1) is 9.11. The maximum atomic E-state index is 13.4. The molecule has 3 aromatic rings. The van der Waals surface area contributed by atoms with Crippen LogP contribution in [0.4, 0.5) is 4.39 Å². The number of pyridine rings is 1. The van der Waals surface area contributed by atoms with Crippen molar-refractivity contribution in [3.63, 3.8) is 0 Å². The van der Waals surface area contributed by atoms with Crippen molar-refractivity contribution in [2.75, 3.05) is 7.11 Å². The number of hydrogen-bond acceptors (Lipinski definition) is 2. The molecule has 1 aromatic heterocycles.